The second-order valence-corrected chi connectivity index (χ2v) is 7.33. The highest BCUT2D eigenvalue weighted by Crippen LogP contribution is 2.26. The summed E-state index contributed by atoms with van der Waals surface area (Å²) in [6, 6.07) is 5.43. The average Bonchev–Trinajstić information content (AvgIpc) is 2.78. The van der Waals surface area contributed by atoms with E-state index in [4.69, 9.17) is 9.72 Å². The molecule has 2 aromatic heterocycles. The number of aromatic nitrogens is 2. The zero-order valence-corrected chi connectivity index (χ0v) is 17.8. The molecule has 0 spiro atoms. The first-order chi connectivity index (χ1) is 14.9. The fourth-order valence-electron chi connectivity index (χ4n) is 3.72. The highest BCUT2D eigenvalue weighted by atomic mass is 16.5. The molecule has 2 aromatic rings. The summed E-state index contributed by atoms with van der Waals surface area (Å²) in [6.07, 6.45) is 4.28. The van der Waals surface area contributed by atoms with Gasteiger partial charge in [-0.1, -0.05) is 6.07 Å². The quantitative estimate of drug-likeness (QED) is 0.439. The van der Waals surface area contributed by atoms with E-state index in [9.17, 15) is 19.6 Å². The third-order valence-corrected chi connectivity index (χ3v) is 5.29. The normalized spacial score (nSPS) is 16.6. The van der Waals surface area contributed by atoms with Crippen LogP contribution in [0, 0.1) is 24.2 Å². The largest absolute Gasteiger partial charge is 0.466 e. The lowest BCUT2D eigenvalue weighted by molar-refractivity contribution is -0.148. The molecule has 9 heteroatoms. The van der Waals surface area contributed by atoms with Crippen molar-refractivity contribution in [3.8, 4) is 6.07 Å². The van der Waals surface area contributed by atoms with Gasteiger partial charge >= 0.3 is 5.97 Å². The van der Waals surface area contributed by atoms with E-state index < -0.39 is 11.5 Å². The molecule has 3 rings (SSSR count). The number of likely N-dealkylation sites (N-methyl/N-ethyl adjacent to an activating group) is 1. The smallest absolute Gasteiger partial charge is 0.310 e. The van der Waals surface area contributed by atoms with Gasteiger partial charge in [-0.25, -0.2) is 4.98 Å². The van der Waals surface area contributed by atoms with E-state index >= 15 is 0 Å². The SMILES string of the molecule is CCOC(=O)C1CCCN(c2nc3c(C)cccn3c(=O)c2/C=C(\C#N)C(=O)NC)C1. The fraction of sp³-hybridized carbons (Fsp3) is 0.409. The Labute approximate surface area is 179 Å². The van der Waals surface area contributed by atoms with Crippen LogP contribution in [0.2, 0.25) is 0 Å². The summed E-state index contributed by atoms with van der Waals surface area (Å²) in [5.74, 6) is -0.853. The van der Waals surface area contributed by atoms with Crippen LogP contribution in [0.4, 0.5) is 5.82 Å². The van der Waals surface area contributed by atoms with Gasteiger partial charge in [-0.2, -0.15) is 5.26 Å². The van der Waals surface area contributed by atoms with Gasteiger partial charge in [0.25, 0.3) is 11.5 Å². The number of nitrogens with zero attached hydrogens (tertiary/aromatic N) is 4. The molecule has 1 aliphatic heterocycles. The van der Waals surface area contributed by atoms with Crippen molar-refractivity contribution in [3.63, 3.8) is 0 Å². The van der Waals surface area contributed by atoms with Gasteiger partial charge in [-0.3, -0.25) is 18.8 Å². The number of carbonyl (C=O) groups excluding carboxylic acids is 2. The lowest BCUT2D eigenvalue weighted by Gasteiger charge is -2.33. The van der Waals surface area contributed by atoms with Crippen LogP contribution in [-0.4, -0.2) is 48.0 Å². The van der Waals surface area contributed by atoms with E-state index in [2.05, 4.69) is 5.32 Å². The number of aryl methyl sites for hydroxylation is 1. The first-order valence-electron chi connectivity index (χ1n) is 10.2. The van der Waals surface area contributed by atoms with Gasteiger partial charge in [0.15, 0.2) is 0 Å². The minimum absolute atomic E-state index is 0.132. The van der Waals surface area contributed by atoms with Crippen molar-refractivity contribution in [3.05, 3.63) is 45.4 Å². The zero-order valence-electron chi connectivity index (χ0n) is 17.8. The van der Waals surface area contributed by atoms with Crippen molar-refractivity contribution in [1.29, 1.82) is 5.26 Å². The summed E-state index contributed by atoms with van der Waals surface area (Å²) in [5, 5.41) is 11.8. The van der Waals surface area contributed by atoms with Gasteiger partial charge in [-0.05, 0) is 44.4 Å². The number of ether oxygens (including phenoxy) is 1. The van der Waals surface area contributed by atoms with Crippen LogP contribution in [0.3, 0.4) is 0 Å². The second-order valence-electron chi connectivity index (χ2n) is 7.33. The predicted octanol–water partition coefficient (Wildman–Crippen LogP) is 1.44. The number of pyridine rings is 1. The van der Waals surface area contributed by atoms with Crippen LogP contribution in [0.1, 0.15) is 30.9 Å². The summed E-state index contributed by atoms with van der Waals surface area (Å²) in [4.78, 5) is 44.3. The van der Waals surface area contributed by atoms with Crippen molar-refractivity contribution in [2.45, 2.75) is 26.7 Å². The number of carbonyl (C=O) groups is 2. The number of hydrogen-bond acceptors (Lipinski definition) is 7. The third-order valence-electron chi connectivity index (χ3n) is 5.29. The monoisotopic (exact) mass is 423 g/mol. The Bertz CT molecular complexity index is 1150. The molecule has 162 valence electrons. The zero-order chi connectivity index (χ0) is 22.5. The number of anilines is 1. The van der Waals surface area contributed by atoms with Gasteiger partial charge in [0.05, 0.1) is 18.1 Å². The van der Waals surface area contributed by atoms with E-state index in [0.29, 0.717) is 37.6 Å². The Morgan fingerprint density at radius 3 is 2.90 bits per heavy atom. The summed E-state index contributed by atoms with van der Waals surface area (Å²) in [7, 11) is 1.41. The van der Waals surface area contributed by atoms with Crippen LogP contribution >= 0.6 is 0 Å². The Hall–Kier alpha value is -3.67. The molecule has 0 aromatic carbocycles. The second kappa shape index (κ2) is 9.43. The Morgan fingerprint density at radius 1 is 1.45 bits per heavy atom. The maximum absolute atomic E-state index is 13.3. The lowest BCUT2D eigenvalue weighted by atomic mass is 9.97. The van der Waals surface area contributed by atoms with E-state index in [-0.39, 0.29) is 23.0 Å². The van der Waals surface area contributed by atoms with Crippen molar-refractivity contribution >= 4 is 29.4 Å². The van der Waals surface area contributed by atoms with Crippen LogP contribution in [0.5, 0.6) is 0 Å². The number of nitriles is 1. The molecule has 9 nitrogen and oxygen atoms in total. The summed E-state index contributed by atoms with van der Waals surface area (Å²) in [6.45, 7) is 4.85. The summed E-state index contributed by atoms with van der Waals surface area (Å²) >= 11 is 0. The van der Waals surface area contributed by atoms with E-state index in [1.807, 2.05) is 24.0 Å². The molecule has 1 aliphatic rings. The third kappa shape index (κ3) is 4.43. The van der Waals surface area contributed by atoms with Gasteiger partial charge in [0.1, 0.15) is 23.1 Å². The van der Waals surface area contributed by atoms with Crippen LogP contribution in [0.15, 0.2) is 28.7 Å². The van der Waals surface area contributed by atoms with Gasteiger partial charge in [0.2, 0.25) is 0 Å². The van der Waals surface area contributed by atoms with Crippen LogP contribution < -0.4 is 15.8 Å². The lowest BCUT2D eigenvalue weighted by Crippen LogP contribution is -2.41. The number of esters is 1. The van der Waals surface area contributed by atoms with Crippen molar-refractivity contribution in [1.82, 2.24) is 14.7 Å². The fourth-order valence-corrected chi connectivity index (χ4v) is 3.72. The van der Waals surface area contributed by atoms with Crippen molar-refractivity contribution in [2.24, 2.45) is 5.92 Å². The molecule has 1 amide bonds. The number of amides is 1. The minimum atomic E-state index is -0.592. The number of piperidine rings is 1. The summed E-state index contributed by atoms with van der Waals surface area (Å²) < 4.78 is 6.58. The predicted molar refractivity (Wildman–Crippen MR) is 115 cm³/mol. The van der Waals surface area contributed by atoms with E-state index in [1.165, 1.54) is 17.5 Å². The number of rotatable bonds is 5. The number of nitrogens with one attached hydrogen (secondary N) is 1. The molecule has 0 aliphatic carbocycles. The highest BCUT2D eigenvalue weighted by molar-refractivity contribution is 6.02. The average molecular weight is 423 g/mol. The molecule has 3 heterocycles. The molecule has 0 radical (unpaired) electrons. The topological polar surface area (TPSA) is 117 Å². The van der Waals surface area contributed by atoms with Crippen molar-refractivity contribution in [2.75, 3.05) is 31.6 Å². The first-order valence-corrected chi connectivity index (χ1v) is 10.2. The molecule has 31 heavy (non-hydrogen) atoms. The standard InChI is InChI=1S/C22H25N5O4/c1-4-31-22(30)15-8-6-9-26(13-15)19-17(11-16(12-23)20(28)24-3)21(29)27-10-5-7-14(2)18(27)25-19/h5,7,10-11,15H,4,6,8-9,13H2,1-3H3,(H,24,28)/b16-11+. The minimum Gasteiger partial charge on any atom is -0.466 e. The maximum Gasteiger partial charge on any atom is 0.310 e. The molecular formula is C22H25N5O4. The number of hydrogen-bond donors (Lipinski definition) is 1. The Balaban J connectivity index is 2.19. The highest BCUT2D eigenvalue weighted by Gasteiger charge is 2.30. The molecule has 0 bridgehead atoms. The molecule has 1 atom stereocenters. The molecule has 0 saturated carbocycles. The van der Waals surface area contributed by atoms with Crippen LogP contribution in [0.25, 0.3) is 11.7 Å². The van der Waals surface area contributed by atoms with E-state index in [1.54, 1.807) is 19.2 Å². The molecule has 1 N–H and O–H groups in total. The molecular weight excluding hydrogens is 398 g/mol. The van der Waals surface area contributed by atoms with Crippen LogP contribution in [-0.2, 0) is 14.3 Å². The van der Waals surface area contributed by atoms with Crippen molar-refractivity contribution < 1.29 is 14.3 Å². The van der Waals surface area contributed by atoms with Gasteiger partial charge < -0.3 is 15.0 Å². The van der Waals surface area contributed by atoms with Gasteiger partial charge in [-0.15, -0.1) is 0 Å². The Morgan fingerprint density at radius 2 is 2.23 bits per heavy atom. The first kappa shape index (κ1) is 22.0. The molecule has 1 unspecified atom stereocenters. The maximum atomic E-state index is 13.3. The number of fused-ring (bicyclic) bond motifs is 1. The summed E-state index contributed by atoms with van der Waals surface area (Å²) in [5.41, 5.74) is 0.832. The van der Waals surface area contributed by atoms with E-state index in [0.717, 1.165) is 12.0 Å². The Kier molecular flexibility index (Phi) is 6.70. The van der Waals surface area contributed by atoms with Gasteiger partial charge in [0, 0.05) is 26.3 Å². The molecule has 1 saturated heterocycles. The molecule has 1 fully saturated rings.